The number of benzene rings is 3. The van der Waals surface area contributed by atoms with E-state index < -0.39 is 0 Å². The first kappa shape index (κ1) is 18.5. The van der Waals surface area contributed by atoms with Crippen molar-refractivity contribution in [1.82, 2.24) is 15.0 Å². The highest BCUT2D eigenvalue weighted by Gasteiger charge is 2.25. The van der Waals surface area contributed by atoms with E-state index in [-0.39, 0.29) is 11.2 Å². The zero-order chi connectivity index (χ0) is 20.1. The summed E-state index contributed by atoms with van der Waals surface area (Å²) in [5, 5.41) is 20.6. The average molecular weight is 392 g/mol. The van der Waals surface area contributed by atoms with E-state index in [0.29, 0.717) is 5.02 Å². The molecule has 0 aliphatic rings. The summed E-state index contributed by atoms with van der Waals surface area (Å²) in [6.07, 6.45) is 0. The summed E-state index contributed by atoms with van der Waals surface area (Å²) in [7, 11) is 0. The number of aromatic nitrogens is 3. The molecule has 0 amide bonds. The minimum absolute atomic E-state index is 0.131. The van der Waals surface area contributed by atoms with Crippen LogP contribution in [-0.4, -0.2) is 20.1 Å². The Morgan fingerprint density at radius 1 is 0.929 bits per heavy atom. The van der Waals surface area contributed by atoms with Crippen molar-refractivity contribution in [2.75, 3.05) is 0 Å². The van der Waals surface area contributed by atoms with E-state index in [1.165, 1.54) is 0 Å². The van der Waals surface area contributed by atoms with E-state index in [1.807, 2.05) is 30.3 Å². The van der Waals surface area contributed by atoms with Crippen molar-refractivity contribution in [2.45, 2.75) is 33.1 Å². The molecule has 0 saturated heterocycles. The van der Waals surface area contributed by atoms with Crippen molar-refractivity contribution in [3.05, 3.63) is 70.7 Å². The Balaban J connectivity index is 2.08. The predicted octanol–water partition coefficient (Wildman–Crippen LogP) is 6.05. The number of nitrogens with zero attached hydrogens (tertiary/aromatic N) is 3. The van der Waals surface area contributed by atoms with Crippen molar-refractivity contribution < 1.29 is 5.11 Å². The van der Waals surface area contributed by atoms with Crippen molar-refractivity contribution in [1.29, 1.82) is 0 Å². The molecule has 4 nitrogen and oxygen atoms in total. The maximum atomic E-state index is 10.6. The Morgan fingerprint density at radius 3 is 2.36 bits per heavy atom. The zero-order valence-electron chi connectivity index (χ0n) is 16.4. The number of phenols is 1. The number of phenolic OH excluding ortho intramolecular Hbond substituents is 1. The second-order valence-electron chi connectivity index (χ2n) is 8.10. The van der Waals surface area contributed by atoms with E-state index in [4.69, 9.17) is 11.6 Å². The molecule has 4 rings (SSSR count). The van der Waals surface area contributed by atoms with Gasteiger partial charge in [-0.2, -0.15) is 0 Å². The average Bonchev–Trinajstić information content (AvgIpc) is 3.04. The Bertz CT molecular complexity index is 1190. The lowest BCUT2D eigenvalue weighted by molar-refractivity contribution is 0.477. The largest absolute Gasteiger partial charge is 0.507 e. The van der Waals surface area contributed by atoms with Crippen LogP contribution in [0.25, 0.3) is 27.8 Å². The fourth-order valence-corrected chi connectivity index (χ4v) is 3.65. The smallest absolute Gasteiger partial charge is 0.123 e. The van der Waals surface area contributed by atoms with Gasteiger partial charge in [0.25, 0.3) is 0 Å². The van der Waals surface area contributed by atoms with E-state index >= 15 is 0 Å². The predicted molar refractivity (Wildman–Crippen MR) is 114 cm³/mol. The molecule has 0 saturated carbocycles. The van der Waals surface area contributed by atoms with Gasteiger partial charge in [-0.3, -0.25) is 0 Å². The highest BCUT2D eigenvalue weighted by Crippen LogP contribution is 2.41. The van der Waals surface area contributed by atoms with Crippen LogP contribution >= 0.6 is 11.6 Å². The standard InChI is InChI=1S/C23H22ClN3O/c1-14-11-17(23(2,3)4)22(16-7-5-6-8-21(16)28)20(12-14)27-25-18-10-9-15(24)13-19(18)26-27/h5-13,28H,1-4H3. The van der Waals surface area contributed by atoms with Gasteiger partial charge in [-0.1, -0.05) is 56.6 Å². The summed E-state index contributed by atoms with van der Waals surface area (Å²) < 4.78 is 0. The van der Waals surface area contributed by atoms with Crippen molar-refractivity contribution in [2.24, 2.45) is 0 Å². The van der Waals surface area contributed by atoms with E-state index in [0.717, 1.165) is 39.0 Å². The van der Waals surface area contributed by atoms with Gasteiger partial charge in [0.15, 0.2) is 0 Å². The molecular weight excluding hydrogens is 370 g/mol. The molecule has 0 aliphatic heterocycles. The minimum Gasteiger partial charge on any atom is -0.507 e. The number of hydrogen-bond donors (Lipinski definition) is 1. The maximum Gasteiger partial charge on any atom is 0.123 e. The van der Waals surface area contributed by atoms with Crippen LogP contribution in [0.4, 0.5) is 0 Å². The van der Waals surface area contributed by atoms with Gasteiger partial charge in [-0.25, -0.2) is 0 Å². The number of halogens is 1. The van der Waals surface area contributed by atoms with Gasteiger partial charge in [0.2, 0.25) is 0 Å². The van der Waals surface area contributed by atoms with E-state index in [1.54, 1.807) is 16.9 Å². The molecule has 1 N–H and O–H groups in total. The number of para-hydroxylation sites is 1. The van der Waals surface area contributed by atoms with Crippen LogP contribution in [0.15, 0.2) is 54.6 Å². The molecular formula is C23H22ClN3O. The first-order valence-electron chi connectivity index (χ1n) is 9.20. The van der Waals surface area contributed by atoms with Crippen molar-refractivity contribution in [3.8, 4) is 22.6 Å². The normalized spacial score (nSPS) is 11.9. The Kier molecular flexibility index (Phi) is 4.39. The number of aromatic hydroxyl groups is 1. The lowest BCUT2D eigenvalue weighted by atomic mass is 9.80. The molecule has 5 heteroatoms. The van der Waals surface area contributed by atoms with Crippen LogP contribution in [0.1, 0.15) is 31.9 Å². The fourth-order valence-electron chi connectivity index (χ4n) is 3.48. The molecule has 142 valence electrons. The van der Waals surface area contributed by atoms with Crippen LogP contribution in [0.5, 0.6) is 5.75 Å². The molecule has 28 heavy (non-hydrogen) atoms. The molecule has 0 atom stereocenters. The van der Waals surface area contributed by atoms with Gasteiger partial charge in [0.1, 0.15) is 16.8 Å². The Morgan fingerprint density at radius 2 is 1.64 bits per heavy atom. The van der Waals surface area contributed by atoms with Crippen LogP contribution in [-0.2, 0) is 5.41 Å². The zero-order valence-corrected chi connectivity index (χ0v) is 17.1. The third kappa shape index (κ3) is 3.25. The monoisotopic (exact) mass is 391 g/mol. The lowest BCUT2D eigenvalue weighted by Gasteiger charge is -2.26. The quantitative estimate of drug-likeness (QED) is 0.452. The summed E-state index contributed by atoms with van der Waals surface area (Å²) in [6, 6.07) is 17.1. The molecule has 0 unspecified atom stereocenters. The molecule has 1 heterocycles. The van der Waals surface area contributed by atoms with Crippen LogP contribution in [0, 0.1) is 6.92 Å². The van der Waals surface area contributed by atoms with Crippen molar-refractivity contribution in [3.63, 3.8) is 0 Å². The highest BCUT2D eigenvalue weighted by molar-refractivity contribution is 6.31. The summed E-state index contributed by atoms with van der Waals surface area (Å²) >= 11 is 6.12. The molecule has 0 fully saturated rings. The molecule has 0 radical (unpaired) electrons. The van der Waals surface area contributed by atoms with Gasteiger partial charge >= 0.3 is 0 Å². The minimum atomic E-state index is -0.131. The molecule has 0 aliphatic carbocycles. The number of fused-ring (bicyclic) bond motifs is 1. The van der Waals surface area contributed by atoms with Gasteiger partial charge in [-0.15, -0.1) is 15.0 Å². The van der Waals surface area contributed by atoms with Gasteiger partial charge in [0, 0.05) is 16.1 Å². The highest BCUT2D eigenvalue weighted by atomic mass is 35.5. The number of aryl methyl sites for hydroxylation is 1. The summed E-state index contributed by atoms with van der Waals surface area (Å²) in [5.41, 5.74) is 6.14. The van der Waals surface area contributed by atoms with Crippen LogP contribution < -0.4 is 0 Å². The number of rotatable bonds is 2. The maximum absolute atomic E-state index is 10.6. The van der Waals surface area contributed by atoms with E-state index in [2.05, 4.69) is 50.0 Å². The van der Waals surface area contributed by atoms with Crippen LogP contribution in [0.3, 0.4) is 0 Å². The summed E-state index contributed by atoms with van der Waals surface area (Å²) in [4.78, 5) is 1.64. The second-order valence-corrected chi connectivity index (χ2v) is 8.53. The lowest BCUT2D eigenvalue weighted by Crippen LogP contribution is -2.16. The first-order chi connectivity index (χ1) is 13.2. The Hall–Kier alpha value is -2.85. The first-order valence-corrected chi connectivity index (χ1v) is 9.58. The Labute approximate surface area is 169 Å². The van der Waals surface area contributed by atoms with Crippen LogP contribution in [0.2, 0.25) is 5.02 Å². The topological polar surface area (TPSA) is 50.9 Å². The fraction of sp³-hybridized carbons (Fsp3) is 0.217. The van der Waals surface area contributed by atoms with Gasteiger partial charge in [-0.05, 0) is 53.8 Å². The third-order valence-electron chi connectivity index (χ3n) is 4.80. The van der Waals surface area contributed by atoms with E-state index in [9.17, 15) is 5.11 Å². The van der Waals surface area contributed by atoms with Crippen molar-refractivity contribution >= 4 is 22.6 Å². The summed E-state index contributed by atoms with van der Waals surface area (Å²) in [6.45, 7) is 8.57. The number of hydrogen-bond acceptors (Lipinski definition) is 3. The second kappa shape index (κ2) is 6.64. The molecule has 0 spiro atoms. The SMILES string of the molecule is Cc1cc(-n2nc3ccc(Cl)cc3n2)c(-c2ccccc2O)c(C(C)(C)C)c1. The molecule has 3 aromatic carbocycles. The third-order valence-corrected chi connectivity index (χ3v) is 5.04. The van der Waals surface area contributed by atoms with Gasteiger partial charge in [0.05, 0.1) is 5.69 Å². The molecule has 4 aromatic rings. The molecule has 0 bridgehead atoms. The summed E-state index contributed by atoms with van der Waals surface area (Å²) in [5.74, 6) is 0.234. The van der Waals surface area contributed by atoms with Gasteiger partial charge < -0.3 is 5.11 Å². The molecule has 1 aromatic heterocycles.